The molecule has 0 spiro atoms. The van der Waals surface area contributed by atoms with Gasteiger partial charge in [0.1, 0.15) is 10.8 Å². The van der Waals surface area contributed by atoms with Crippen molar-refractivity contribution in [3.8, 4) is 10.6 Å². The van der Waals surface area contributed by atoms with Crippen molar-refractivity contribution in [2.24, 2.45) is 0 Å². The lowest BCUT2D eigenvalue weighted by molar-refractivity contribution is 0.628. The van der Waals surface area contributed by atoms with E-state index in [1.807, 2.05) is 17.5 Å². The highest BCUT2D eigenvalue weighted by Crippen LogP contribution is 2.24. The van der Waals surface area contributed by atoms with E-state index in [0.717, 1.165) is 16.3 Å². The van der Waals surface area contributed by atoms with Gasteiger partial charge in [-0.2, -0.15) is 0 Å². The summed E-state index contributed by atoms with van der Waals surface area (Å²) in [7, 11) is 0. The minimum atomic E-state index is -0.234. The Kier molecular flexibility index (Phi) is 3.70. The van der Waals surface area contributed by atoms with Gasteiger partial charge in [0.25, 0.3) is 0 Å². The number of hydrogen-bond acceptors (Lipinski definition) is 2. The molecule has 0 fully saturated rings. The molecule has 1 heterocycles. The molecule has 1 aromatic carbocycles. The second-order valence-electron chi connectivity index (χ2n) is 3.14. The molecule has 82 valence electrons. The Hall–Kier alpha value is -1.19. The van der Waals surface area contributed by atoms with Gasteiger partial charge in [0, 0.05) is 16.8 Å². The zero-order chi connectivity index (χ0) is 11.4. The van der Waals surface area contributed by atoms with Crippen molar-refractivity contribution in [1.82, 2.24) is 4.98 Å². The predicted octanol–water partition coefficient (Wildman–Crippen LogP) is 4.20. The summed E-state index contributed by atoms with van der Waals surface area (Å²) in [5.41, 5.74) is 1.81. The fourth-order valence-electron chi connectivity index (χ4n) is 1.25. The Morgan fingerprint density at radius 1 is 1.31 bits per heavy atom. The van der Waals surface area contributed by atoms with E-state index in [0.29, 0.717) is 5.88 Å². The topological polar surface area (TPSA) is 12.9 Å². The number of rotatable bonds is 3. The molecule has 0 bridgehead atoms. The molecule has 2 rings (SSSR count). The van der Waals surface area contributed by atoms with Crippen LogP contribution in [0.3, 0.4) is 0 Å². The Morgan fingerprint density at radius 2 is 2.06 bits per heavy atom. The SMILES string of the molecule is Fc1ccc(-c2nc(C=CCCl)cs2)cc1. The molecule has 0 N–H and O–H groups in total. The number of thiazole rings is 1. The standard InChI is InChI=1S/C12H9ClFNS/c13-7-1-2-11-8-16-12(15-11)9-3-5-10(14)6-4-9/h1-6,8H,7H2. The van der Waals surface area contributed by atoms with Gasteiger partial charge in [-0.15, -0.1) is 22.9 Å². The van der Waals surface area contributed by atoms with Crippen LogP contribution in [0.2, 0.25) is 0 Å². The summed E-state index contributed by atoms with van der Waals surface area (Å²) < 4.78 is 12.7. The maximum atomic E-state index is 12.7. The van der Waals surface area contributed by atoms with Gasteiger partial charge in [-0.25, -0.2) is 9.37 Å². The molecule has 2 aromatic rings. The number of hydrogen-bond donors (Lipinski definition) is 0. The fraction of sp³-hybridized carbons (Fsp3) is 0.0833. The van der Waals surface area contributed by atoms with Crippen molar-refractivity contribution in [3.05, 3.63) is 47.2 Å². The zero-order valence-corrected chi connectivity index (χ0v) is 9.93. The van der Waals surface area contributed by atoms with Crippen molar-refractivity contribution in [1.29, 1.82) is 0 Å². The first-order valence-corrected chi connectivity index (χ1v) is 6.15. The number of aromatic nitrogens is 1. The molecule has 0 atom stereocenters. The summed E-state index contributed by atoms with van der Waals surface area (Å²) in [5.74, 6) is 0.242. The first-order chi connectivity index (χ1) is 7.79. The Morgan fingerprint density at radius 3 is 2.75 bits per heavy atom. The summed E-state index contributed by atoms with van der Waals surface area (Å²) in [5, 5.41) is 2.83. The van der Waals surface area contributed by atoms with Crippen molar-refractivity contribution in [2.75, 3.05) is 5.88 Å². The van der Waals surface area contributed by atoms with E-state index in [-0.39, 0.29) is 5.82 Å². The molecule has 0 aliphatic rings. The highest BCUT2D eigenvalue weighted by molar-refractivity contribution is 7.13. The molecule has 0 radical (unpaired) electrons. The fourth-order valence-corrected chi connectivity index (χ4v) is 2.14. The minimum Gasteiger partial charge on any atom is -0.237 e. The van der Waals surface area contributed by atoms with Crippen LogP contribution < -0.4 is 0 Å². The van der Waals surface area contributed by atoms with Crippen LogP contribution in [0.4, 0.5) is 4.39 Å². The number of allylic oxidation sites excluding steroid dienone is 1. The van der Waals surface area contributed by atoms with Crippen LogP contribution in [0.15, 0.2) is 35.7 Å². The molecule has 0 unspecified atom stereocenters. The molecule has 0 aliphatic carbocycles. The average molecular weight is 254 g/mol. The number of benzene rings is 1. The third-order valence-electron chi connectivity index (χ3n) is 1.99. The second kappa shape index (κ2) is 5.23. The van der Waals surface area contributed by atoms with E-state index in [1.54, 1.807) is 12.1 Å². The van der Waals surface area contributed by atoms with Gasteiger partial charge >= 0.3 is 0 Å². The van der Waals surface area contributed by atoms with Crippen LogP contribution in [0.5, 0.6) is 0 Å². The summed E-state index contributed by atoms with van der Waals surface area (Å²) in [4.78, 5) is 4.40. The minimum absolute atomic E-state index is 0.234. The van der Waals surface area contributed by atoms with Crippen LogP contribution >= 0.6 is 22.9 Å². The number of nitrogens with zero attached hydrogens (tertiary/aromatic N) is 1. The number of alkyl halides is 1. The normalized spacial score (nSPS) is 11.1. The number of halogens is 2. The van der Waals surface area contributed by atoms with E-state index >= 15 is 0 Å². The zero-order valence-electron chi connectivity index (χ0n) is 8.36. The summed E-state index contributed by atoms with van der Waals surface area (Å²) in [6.45, 7) is 0. The highest BCUT2D eigenvalue weighted by atomic mass is 35.5. The van der Waals surface area contributed by atoms with E-state index < -0.39 is 0 Å². The smallest absolute Gasteiger partial charge is 0.124 e. The molecule has 4 heteroatoms. The molecule has 0 aliphatic heterocycles. The summed E-state index contributed by atoms with van der Waals surface area (Å²) in [6, 6.07) is 6.32. The van der Waals surface area contributed by atoms with E-state index in [2.05, 4.69) is 4.98 Å². The summed E-state index contributed by atoms with van der Waals surface area (Å²) >= 11 is 7.07. The lowest BCUT2D eigenvalue weighted by Crippen LogP contribution is -1.78. The molecular weight excluding hydrogens is 245 g/mol. The van der Waals surface area contributed by atoms with Gasteiger partial charge in [-0.05, 0) is 30.3 Å². The monoisotopic (exact) mass is 253 g/mol. The lowest BCUT2D eigenvalue weighted by Gasteiger charge is -1.94. The van der Waals surface area contributed by atoms with Gasteiger partial charge < -0.3 is 0 Å². The third kappa shape index (κ3) is 2.68. The maximum absolute atomic E-state index is 12.7. The van der Waals surface area contributed by atoms with Crippen molar-refractivity contribution in [3.63, 3.8) is 0 Å². The third-order valence-corrected chi connectivity index (χ3v) is 3.08. The average Bonchev–Trinajstić information content (AvgIpc) is 2.76. The second-order valence-corrected chi connectivity index (χ2v) is 4.31. The quantitative estimate of drug-likeness (QED) is 0.747. The van der Waals surface area contributed by atoms with Gasteiger partial charge in [-0.3, -0.25) is 0 Å². The van der Waals surface area contributed by atoms with Crippen LogP contribution in [0, 0.1) is 5.82 Å². The highest BCUT2D eigenvalue weighted by Gasteiger charge is 2.02. The Balaban J connectivity index is 2.24. The molecule has 0 saturated heterocycles. The predicted molar refractivity (Wildman–Crippen MR) is 67.3 cm³/mol. The van der Waals surface area contributed by atoms with Crippen molar-refractivity contribution >= 4 is 29.0 Å². The van der Waals surface area contributed by atoms with Gasteiger partial charge in [-0.1, -0.05) is 6.08 Å². The lowest BCUT2D eigenvalue weighted by atomic mass is 10.2. The Bertz CT molecular complexity index is 490. The van der Waals surface area contributed by atoms with E-state index in [1.165, 1.54) is 23.5 Å². The van der Waals surface area contributed by atoms with Gasteiger partial charge in [0.2, 0.25) is 0 Å². The van der Waals surface area contributed by atoms with Crippen molar-refractivity contribution in [2.45, 2.75) is 0 Å². The van der Waals surface area contributed by atoms with Crippen molar-refractivity contribution < 1.29 is 4.39 Å². The van der Waals surface area contributed by atoms with Crippen LogP contribution in [0.25, 0.3) is 16.6 Å². The first-order valence-electron chi connectivity index (χ1n) is 4.73. The molecule has 1 nitrogen and oxygen atoms in total. The molecular formula is C12H9ClFNS. The first kappa shape index (κ1) is 11.3. The molecule has 1 aromatic heterocycles. The largest absolute Gasteiger partial charge is 0.237 e. The van der Waals surface area contributed by atoms with Gasteiger partial charge in [0.05, 0.1) is 5.69 Å². The maximum Gasteiger partial charge on any atom is 0.124 e. The van der Waals surface area contributed by atoms with Crippen LogP contribution in [-0.4, -0.2) is 10.9 Å². The van der Waals surface area contributed by atoms with Crippen LogP contribution in [0.1, 0.15) is 5.69 Å². The van der Waals surface area contributed by atoms with Crippen LogP contribution in [-0.2, 0) is 0 Å². The molecule has 0 saturated carbocycles. The van der Waals surface area contributed by atoms with E-state index in [9.17, 15) is 4.39 Å². The van der Waals surface area contributed by atoms with E-state index in [4.69, 9.17) is 11.6 Å². The Labute approximate surface area is 102 Å². The molecule has 0 amide bonds. The summed E-state index contributed by atoms with van der Waals surface area (Å²) in [6.07, 6.45) is 3.71. The molecule has 16 heavy (non-hydrogen) atoms. The van der Waals surface area contributed by atoms with Gasteiger partial charge in [0.15, 0.2) is 0 Å².